The van der Waals surface area contributed by atoms with E-state index < -0.39 is 11.9 Å². The van der Waals surface area contributed by atoms with E-state index in [1.165, 1.54) is 11.3 Å². The Hall–Kier alpha value is -2.67. The molecule has 6 nitrogen and oxygen atoms in total. The fourth-order valence-electron chi connectivity index (χ4n) is 2.85. The number of nitrogens with zero attached hydrogens (tertiary/aromatic N) is 2. The molecule has 3 aromatic rings. The van der Waals surface area contributed by atoms with Gasteiger partial charge in [0, 0.05) is 5.39 Å². The van der Waals surface area contributed by atoms with Crippen molar-refractivity contribution < 1.29 is 9.59 Å². The standard InChI is InChI=1S/C19H22N4O2S/c1-4-11(2)16(17(20)24)21-18(25)15-10-14-12(3)22-23(19(14)26-15)13-8-6-5-7-9-13/h5-11,16H,4H2,1-3H3,(H2,20,24)(H,21,25). The fraction of sp³-hybridized carbons (Fsp3) is 0.316. The SMILES string of the molecule is CCC(C)C(NC(=O)c1cc2c(C)nn(-c3ccccc3)c2s1)C(N)=O. The highest BCUT2D eigenvalue weighted by Gasteiger charge is 2.25. The predicted octanol–water partition coefficient (Wildman–Crippen LogP) is 3.03. The summed E-state index contributed by atoms with van der Waals surface area (Å²) in [6.07, 6.45) is 0.752. The van der Waals surface area contributed by atoms with Gasteiger partial charge in [0.05, 0.1) is 16.3 Å². The number of rotatable bonds is 6. The van der Waals surface area contributed by atoms with Crippen LogP contribution in [-0.4, -0.2) is 27.6 Å². The minimum Gasteiger partial charge on any atom is -0.368 e. The number of hydrogen-bond donors (Lipinski definition) is 2. The number of amides is 2. The summed E-state index contributed by atoms with van der Waals surface area (Å²) >= 11 is 1.36. The van der Waals surface area contributed by atoms with E-state index in [0.29, 0.717) is 4.88 Å². The summed E-state index contributed by atoms with van der Waals surface area (Å²) in [5, 5.41) is 8.29. The second-order valence-electron chi connectivity index (χ2n) is 6.40. The van der Waals surface area contributed by atoms with E-state index in [-0.39, 0.29) is 11.8 Å². The van der Waals surface area contributed by atoms with Crippen LogP contribution in [-0.2, 0) is 4.79 Å². The Morgan fingerprint density at radius 3 is 2.62 bits per heavy atom. The molecule has 0 aliphatic heterocycles. The van der Waals surface area contributed by atoms with Crippen molar-refractivity contribution >= 4 is 33.4 Å². The zero-order chi connectivity index (χ0) is 18.8. The smallest absolute Gasteiger partial charge is 0.262 e. The van der Waals surface area contributed by atoms with Gasteiger partial charge in [-0.3, -0.25) is 9.59 Å². The van der Waals surface area contributed by atoms with Gasteiger partial charge in [0.25, 0.3) is 5.91 Å². The number of primary amides is 1. The van der Waals surface area contributed by atoms with Crippen molar-refractivity contribution in [3.8, 4) is 5.69 Å². The third-order valence-electron chi connectivity index (χ3n) is 4.58. The molecular formula is C19H22N4O2S. The highest BCUT2D eigenvalue weighted by molar-refractivity contribution is 7.20. The number of nitrogens with one attached hydrogen (secondary N) is 1. The van der Waals surface area contributed by atoms with Gasteiger partial charge in [-0.15, -0.1) is 11.3 Å². The van der Waals surface area contributed by atoms with Gasteiger partial charge in [-0.25, -0.2) is 4.68 Å². The zero-order valence-corrected chi connectivity index (χ0v) is 15.8. The molecule has 0 spiro atoms. The lowest BCUT2D eigenvalue weighted by atomic mass is 9.98. The van der Waals surface area contributed by atoms with E-state index in [9.17, 15) is 9.59 Å². The Labute approximate surface area is 156 Å². The van der Waals surface area contributed by atoms with Crippen LogP contribution in [0.3, 0.4) is 0 Å². The van der Waals surface area contributed by atoms with Crippen LogP contribution in [0.2, 0.25) is 0 Å². The molecule has 136 valence electrons. The molecule has 3 rings (SSSR count). The minimum absolute atomic E-state index is 0.0209. The van der Waals surface area contributed by atoms with Crippen LogP contribution in [0.1, 0.15) is 35.6 Å². The van der Waals surface area contributed by atoms with Gasteiger partial charge < -0.3 is 11.1 Å². The van der Waals surface area contributed by atoms with E-state index in [0.717, 1.165) is 28.0 Å². The van der Waals surface area contributed by atoms with E-state index >= 15 is 0 Å². The summed E-state index contributed by atoms with van der Waals surface area (Å²) in [5.41, 5.74) is 7.25. The van der Waals surface area contributed by atoms with Crippen molar-refractivity contribution in [1.29, 1.82) is 0 Å². The van der Waals surface area contributed by atoms with Crippen LogP contribution in [0.15, 0.2) is 36.4 Å². The first-order valence-electron chi connectivity index (χ1n) is 8.57. The first kappa shape index (κ1) is 18.1. The molecule has 0 saturated carbocycles. The van der Waals surface area contributed by atoms with Crippen molar-refractivity contribution in [3.05, 3.63) is 47.0 Å². The predicted molar refractivity (Wildman–Crippen MR) is 104 cm³/mol. The number of hydrogen-bond acceptors (Lipinski definition) is 4. The van der Waals surface area contributed by atoms with Crippen LogP contribution in [0.5, 0.6) is 0 Å². The van der Waals surface area contributed by atoms with Crippen LogP contribution < -0.4 is 11.1 Å². The molecule has 1 aromatic carbocycles. The summed E-state index contributed by atoms with van der Waals surface area (Å²) in [6.45, 7) is 5.78. The molecule has 7 heteroatoms. The van der Waals surface area contributed by atoms with Crippen molar-refractivity contribution in [2.75, 3.05) is 0 Å². The molecule has 26 heavy (non-hydrogen) atoms. The van der Waals surface area contributed by atoms with Gasteiger partial charge in [0.2, 0.25) is 5.91 Å². The fourth-order valence-corrected chi connectivity index (χ4v) is 3.93. The molecule has 2 amide bonds. The summed E-state index contributed by atoms with van der Waals surface area (Å²) in [4.78, 5) is 25.8. The highest BCUT2D eigenvalue weighted by atomic mass is 32.1. The Kier molecular flexibility index (Phi) is 5.08. The lowest BCUT2D eigenvalue weighted by molar-refractivity contribution is -0.120. The maximum atomic E-state index is 12.7. The number of carbonyl (C=O) groups is 2. The van der Waals surface area contributed by atoms with Crippen LogP contribution >= 0.6 is 11.3 Å². The van der Waals surface area contributed by atoms with E-state index in [1.807, 2.05) is 61.9 Å². The van der Waals surface area contributed by atoms with Gasteiger partial charge >= 0.3 is 0 Å². The van der Waals surface area contributed by atoms with Crippen LogP contribution in [0, 0.1) is 12.8 Å². The van der Waals surface area contributed by atoms with E-state index in [1.54, 1.807) is 0 Å². The maximum Gasteiger partial charge on any atom is 0.262 e. The number of aromatic nitrogens is 2. The maximum absolute atomic E-state index is 12.7. The summed E-state index contributed by atoms with van der Waals surface area (Å²) in [6, 6.07) is 10.9. The summed E-state index contributed by atoms with van der Waals surface area (Å²) in [7, 11) is 0. The molecule has 0 saturated heterocycles. The number of benzene rings is 1. The Morgan fingerprint density at radius 2 is 2.00 bits per heavy atom. The van der Waals surface area contributed by atoms with Crippen molar-refractivity contribution in [2.24, 2.45) is 11.7 Å². The monoisotopic (exact) mass is 370 g/mol. The summed E-state index contributed by atoms with van der Waals surface area (Å²) in [5.74, 6) is -0.817. The first-order valence-corrected chi connectivity index (χ1v) is 9.38. The van der Waals surface area contributed by atoms with E-state index in [4.69, 9.17) is 5.73 Å². The number of aryl methyl sites for hydroxylation is 1. The first-order chi connectivity index (χ1) is 12.4. The Balaban J connectivity index is 1.94. The van der Waals surface area contributed by atoms with Gasteiger partial charge in [-0.2, -0.15) is 5.10 Å². The van der Waals surface area contributed by atoms with Gasteiger partial charge in [0.1, 0.15) is 10.9 Å². The third-order valence-corrected chi connectivity index (χ3v) is 5.68. The third kappa shape index (κ3) is 3.35. The summed E-state index contributed by atoms with van der Waals surface area (Å²) < 4.78 is 1.84. The number of thiophene rings is 1. The average Bonchev–Trinajstić information content (AvgIpc) is 3.20. The molecule has 0 bridgehead atoms. The van der Waals surface area contributed by atoms with Crippen molar-refractivity contribution in [2.45, 2.75) is 33.2 Å². The van der Waals surface area contributed by atoms with Gasteiger partial charge in [-0.05, 0) is 31.0 Å². The number of fused-ring (bicyclic) bond motifs is 1. The largest absolute Gasteiger partial charge is 0.368 e. The molecule has 2 unspecified atom stereocenters. The van der Waals surface area contributed by atoms with Gasteiger partial charge in [0.15, 0.2) is 0 Å². The molecule has 2 aromatic heterocycles. The Morgan fingerprint density at radius 1 is 1.31 bits per heavy atom. The quantitative estimate of drug-likeness (QED) is 0.699. The highest BCUT2D eigenvalue weighted by Crippen LogP contribution is 2.30. The molecular weight excluding hydrogens is 348 g/mol. The molecule has 3 N–H and O–H groups in total. The number of nitrogens with two attached hydrogens (primary N) is 1. The second kappa shape index (κ2) is 7.29. The molecule has 2 heterocycles. The van der Waals surface area contributed by atoms with Crippen molar-refractivity contribution in [3.63, 3.8) is 0 Å². The molecule has 0 radical (unpaired) electrons. The van der Waals surface area contributed by atoms with E-state index in [2.05, 4.69) is 10.4 Å². The average molecular weight is 370 g/mol. The second-order valence-corrected chi connectivity index (χ2v) is 7.43. The number of para-hydroxylation sites is 1. The van der Waals surface area contributed by atoms with Crippen molar-refractivity contribution in [1.82, 2.24) is 15.1 Å². The lowest BCUT2D eigenvalue weighted by Gasteiger charge is -2.20. The lowest BCUT2D eigenvalue weighted by Crippen LogP contribution is -2.48. The zero-order valence-electron chi connectivity index (χ0n) is 15.0. The number of carbonyl (C=O) groups excluding carboxylic acids is 2. The van der Waals surface area contributed by atoms with Gasteiger partial charge in [-0.1, -0.05) is 38.5 Å². The topological polar surface area (TPSA) is 90.0 Å². The molecule has 0 aliphatic rings. The molecule has 2 atom stereocenters. The van der Waals surface area contributed by atoms with Crippen LogP contribution in [0.4, 0.5) is 0 Å². The molecule has 0 aliphatic carbocycles. The molecule has 0 fully saturated rings. The van der Waals surface area contributed by atoms with Crippen LogP contribution in [0.25, 0.3) is 15.9 Å². The Bertz CT molecular complexity index is 945. The normalized spacial score (nSPS) is 13.5. The minimum atomic E-state index is -0.676.